The molecule has 0 unspecified atom stereocenters. The largest absolute Gasteiger partial charge is 0.301 e. The molecule has 2 N–H and O–H groups in total. The van der Waals surface area contributed by atoms with Crippen LogP contribution in [-0.4, -0.2) is 26.7 Å². The minimum absolute atomic E-state index is 0.0428. The minimum atomic E-state index is -0.282. The fourth-order valence-corrected chi connectivity index (χ4v) is 4.00. The smallest absolute Gasteiger partial charge is 0.243 e. The Morgan fingerprint density at radius 1 is 1.50 bits per heavy atom. The standard InChI is InChI=1S/C17H25N5OS/c1-5-22-15-8-6-7-14(13(15)9-18-22)19-11(3)16(23)21-17-20-10(2)12(4)24-17/h9,11,14,19H,5-8H2,1-4H3,(H,20,21,23)/t11-,14-/m1/s1. The van der Waals surface area contributed by atoms with Crippen LogP contribution in [0.4, 0.5) is 5.13 Å². The van der Waals surface area contributed by atoms with Crippen LogP contribution in [0.1, 0.15) is 54.6 Å². The normalized spacial score (nSPS) is 18.2. The number of thiazole rings is 1. The predicted octanol–water partition coefficient (Wildman–Crippen LogP) is 2.97. The fourth-order valence-electron chi connectivity index (χ4n) is 3.18. The van der Waals surface area contributed by atoms with Gasteiger partial charge in [0.05, 0.1) is 17.9 Å². The van der Waals surface area contributed by atoms with E-state index in [1.54, 1.807) is 0 Å². The first-order valence-corrected chi connectivity index (χ1v) is 9.36. The lowest BCUT2D eigenvalue weighted by atomic mass is 9.92. The SMILES string of the molecule is CCn1ncc2c1CCC[C@H]2N[C@H](C)C(=O)Nc1nc(C)c(C)s1. The van der Waals surface area contributed by atoms with Gasteiger partial charge in [-0.3, -0.25) is 14.8 Å². The van der Waals surface area contributed by atoms with Crippen LogP contribution in [0.3, 0.4) is 0 Å². The molecule has 3 rings (SSSR count). The van der Waals surface area contributed by atoms with Crippen molar-refractivity contribution in [2.24, 2.45) is 0 Å². The maximum atomic E-state index is 12.5. The third-order valence-electron chi connectivity index (χ3n) is 4.67. The number of nitrogens with zero attached hydrogens (tertiary/aromatic N) is 3. The van der Waals surface area contributed by atoms with Crippen LogP contribution in [0.15, 0.2) is 6.20 Å². The maximum Gasteiger partial charge on any atom is 0.243 e. The number of nitrogens with one attached hydrogen (secondary N) is 2. The van der Waals surface area contributed by atoms with E-state index in [1.807, 2.05) is 27.0 Å². The Morgan fingerprint density at radius 3 is 2.96 bits per heavy atom. The van der Waals surface area contributed by atoms with Crippen LogP contribution < -0.4 is 10.6 Å². The van der Waals surface area contributed by atoms with Crippen LogP contribution in [-0.2, 0) is 17.8 Å². The third kappa shape index (κ3) is 3.37. The number of carbonyl (C=O) groups is 1. The highest BCUT2D eigenvalue weighted by atomic mass is 32.1. The van der Waals surface area contributed by atoms with Crippen molar-refractivity contribution in [2.45, 2.75) is 65.6 Å². The molecule has 0 radical (unpaired) electrons. The number of aryl methyl sites for hydroxylation is 3. The second-order valence-electron chi connectivity index (χ2n) is 6.35. The Morgan fingerprint density at radius 2 is 2.29 bits per heavy atom. The molecular formula is C17H25N5OS. The van der Waals surface area contributed by atoms with Gasteiger partial charge in [-0.25, -0.2) is 4.98 Å². The van der Waals surface area contributed by atoms with Gasteiger partial charge >= 0.3 is 0 Å². The number of anilines is 1. The summed E-state index contributed by atoms with van der Waals surface area (Å²) in [7, 11) is 0. The Hall–Kier alpha value is -1.73. The molecule has 6 nitrogen and oxygen atoms in total. The van der Waals surface area contributed by atoms with E-state index in [4.69, 9.17) is 0 Å². The Labute approximate surface area is 146 Å². The van der Waals surface area contributed by atoms with Crippen molar-refractivity contribution in [3.63, 3.8) is 0 Å². The lowest BCUT2D eigenvalue weighted by Gasteiger charge is -2.26. The number of fused-ring (bicyclic) bond motifs is 1. The average Bonchev–Trinajstić information content (AvgIpc) is 3.11. The second-order valence-corrected chi connectivity index (χ2v) is 7.55. The fraction of sp³-hybridized carbons (Fsp3) is 0.588. The molecule has 0 fully saturated rings. The number of hydrogen-bond donors (Lipinski definition) is 2. The van der Waals surface area contributed by atoms with E-state index in [0.29, 0.717) is 5.13 Å². The third-order valence-corrected chi connectivity index (χ3v) is 5.65. The summed E-state index contributed by atoms with van der Waals surface area (Å²) in [5, 5.41) is 11.5. The van der Waals surface area contributed by atoms with Gasteiger partial charge in [0.25, 0.3) is 0 Å². The predicted molar refractivity (Wildman–Crippen MR) is 96.4 cm³/mol. The topological polar surface area (TPSA) is 71.8 Å². The first-order chi connectivity index (χ1) is 11.5. The molecule has 2 aromatic rings. The summed E-state index contributed by atoms with van der Waals surface area (Å²) in [6, 6.07) is -0.0926. The van der Waals surface area contributed by atoms with Crippen molar-refractivity contribution >= 4 is 22.4 Å². The van der Waals surface area contributed by atoms with Gasteiger partial charge < -0.3 is 5.32 Å². The van der Waals surface area contributed by atoms with Gasteiger partial charge in [-0.15, -0.1) is 11.3 Å². The van der Waals surface area contributed by atoms with Gasteiger partial charge in [0.1, 0.15) is 0 Å². The Balaban J connectivity index is 1.65. The lowest BCUT2D eigenvalue weighted by molar-refractivity contribution is -0.118. The summed E-state index contributed by atoms with van der Waals surface area (Å²) >= 11 is 1.52. The molecule has 24 heavy (non-hydrogen) atoms. The Bertz CT molecular complexity index is 716. The summed E-state index contributed by atoms with van der Waals surface area (Å²) < 4.78 is 2.06. The molecule has 7 heteroatoms. The molecule has 2 aromatic heterocycles. The number of amides is 1. The van der Waals surface area contributed by atoms with Crippen molar-refractivity contribution in [1.29, 1.82) is 0 Å². The van der Waals surface area contributed by atoms with Crippen molar-refractivity contribution < 1.29 is 4.79 Å². The van der Waals surface area contributed by atoms with Crippen LogP contribution in [0, 0.1) is 13.8 Å². The van der Waals surface area contributed by atoms with E-state index < -0.39 is 0 Å². The van der Waals surface area contributed by atoms with Gasteiger partial charge in [0, 0.05) is 28.7 Å². The highest BCUT2D eigenvalue weighted by Crippen LogP contribution is 2.30. The number of carbonyl (C=O) groups excluding carboxylic acids is 1. The van der Waals surface area contributed by atoms with Crippen LogP contribution in [0.5, 0.6) is 0 Å². The van der Waals surface area contributed by atoms with E-state index >= 15 is 0 Å². The summed E-state index contributed by atoms with van der Waals surface area (Å²) in [5.41, 5.74) is 3.52. The molecular weight excluding hydrogens is 322 g/mol. The molecule has 130 valence electrons. The second kappa shape index (κ2) is 7.03. The van der Waals surface area contributed by atoms with E-state index in [-0.39, 0.29) is 18.0 Å². The maximum absolute atomic E-state index is 12.5. The highest BCUT2D eigenvalue weighted by Gasteiger charge is 2.27. The van der Waals surface area contributed by atoms with Crippen LogP contribution in [0.25, 0.3) is 0 Å². The zero-order valence-electron chi connectivity index (χ0n) is 14.7. The van der Waals surface area contributed by atoms with Gasteiger partial charge in [0.2, 0.25) is 5.91 Å². The minimum Gasteiger partial charge on any atom is -0.301 e. The molecule has 2 heterocycles. The highest BCUT2D eigenvalue weighted by molar-refractivity contribution is 7.15. The first-order valence-electron chi connectivity index (χ1n) is 8.55. The zero-order chi connectivity index (χ0) is 17.3. The zero-order valence-corrected chi connectivity index (χ0v) is 15.5. The summed E-state index contributed by atoms with van der Waals surface area (Å²) in [6.45, 7) is 8.87. The quantitative estimate of drug-likeness (QED) is 0.872. The molecule has 0 bridgehead atoms. The van der Waals surface area contributed by atoms with Gasteiger partial charge in [-0.2, -0.15) is 5.10 Å². The summed E-state index contributed by atoms with van der Waals surface area (Å²) in [6.07, 6.45) is 5.18. The summed E-state index contributed by atoms with van der Waals surface area (Å²) in [5.74, 6) is -0.0428. The lowest BCUT2D eigenvalue weighted by Crippen LogP contribution is -2.41. The average molecular weight is 347 g/mol. The van der Waals surface area contributed by atoms with Crippen molar-refractivity contribution in [1.82, 2.24) is 20.1 Å². The van der Waals surface area contributed by atoms with E-state index in [2.05, 4.69) is 32.3 Å². The molecule has 0 spiro atoms. The van der Waals surface area contributed by atoms with Gasteiger partial charge in [-0.1, -0.05) is 0 Å². The van der Waals surface area contributed by atoms with Crippen molar-refractivity contribution in [2.75, 3.05) is 5.32 Å². The number of hydrogen-bond acceptors (Lipinski definition) is 5. The molecule has 1 aliphatic carbocycles. The van der Waals surface area contributed by atoms with E-state index in [1.165, 1.54) is 22.6 Å². The van der Waals surface area contributed by atoms with Crippen LogP contribution >= 0.6 is 11.3 Å². The van der Waals surface area contributed by atoms with E-state index in [0.717, 1.165) is 36.4 Å². The van der Waals surface area contributed by atoms with Crippen molar-refractivity contribution in [3.8, 4) is 0 Å². The van der Waals surface area contributed by atoms with Crippen LogP contribution in [0.2, 0.25) is 0 Å². The molecule has 2 atom stereocenters. The number of rotatable bonds is 5. The van der Waals surface area contributed by atoms with Gasteiger partial charge in [-0.05, 0) is 47.0 Å². The molecule has 1 amide bonds. The monoisotopic (exact) mass is 347 g/mol. The van der Waals surface area contributed by atoms with Crippen molar-refractivity contribution in [3.05, 3.63) is 28.0 Å². The molecule has 0 saturated heterocycles. The molecule has 0 aliphatic heterocycles. The summed E-state index contributed by atoms with van der Waals surface area (Å²) in [4.78, 5) is 18.0. The Kier molecular flexibility index (Phi) is 5.01. The first kappa shape index (κ1) is 17.1. The van der Waals surface area contributed by atoms with E-state index in [9.17, 15) is 4.79 Å². The molecule has 0 saturated carbocycles. The van der Waals surface area contributed by atoms with Gasteiger partial charge in [0.15, 0.2) is 5.13 Å². The molecule has 1 aliphatic rings. The number of aromatic nitrogens is 3. The molecule has 0 aromatic carbocycles.